The summed E-state index contributed by atoms with van der Waals surface area (Å²) in [6.07, 6.45) is 0. The Kier molecular flexibility index (Phi) is 5.32. The van der Waals surface area contributed by atoms with E-state index < -0.39 is 0 Å². The third-order valence-corrected chi connectivity index (χ3v) is 4.44. The van der Waals surface area contributed by atoms with Gasteiger partial charge in [0.15, 0.2) is 0 Å². The molecule has 0 fully saturated rings. The van der Waals surface area contributed by atoms with E-state index in [9.17, 15) is 4.79 Å². The molecule has 0 atom stereocenters. The maximum absolute atomic E-state index is 11.1. The summed E-state index contributed by atoms with van der Waals surface area (Å²) in [5.41, 5.74) is 2.56. The number of thiazole rings is 1. The summed E-state index contributed by atoms with van der Waals surface area (Å²) in [5, 5.41) is 3.63. The lowest BCUT2D eigenvalue weighted by Gasteiger charge is -2.15. The minimum Gasteiger partial charge on any atom is -0.486 e. The van der Waals surface area contributed by atoms with Crippen LogP contribution in [0, 0.1) is 6.92 Å². The molecule has 0 aliphatic carbocycles. The number of carbonyl (C=O) groups is 1. The lowest BCUT2D eigenvalue weighted by Crippen LogP contribution is -2.12. The zero-order chi connectivity index (χ0) is 17.2. The summed E-state index contributed by atoms with van der Waals surface area (Å²) >= 11 is 7.71. The molecule has 0 aliphatic rings. The number of aryl methyl sites for hydroxylation is 1. The number of amides is 1. The van der Waals surface area contributed by atoms with Gasteiger partial charge in [0.2, 0.25) is 5.91 Å². The zero-order valence-corrected chi connectivity index (χ0v) is 15.6. The highest BCUT2D eigenvalue weighted by Crippen LogP contribution is 2.34. The van der Waals surface area contributed by atoms with E-state index in [1.807, 2.05) is 25.1 Å². The number of benzene rings is 1. The Morgan fingerprint density at radius 1 is 1.39 bits per heavy atom. The second kappa shape index (κ2) is 6.89. The van der Waals surface area contributed by atoms with Gasteiger partial charge in [-0.25, -0.2) is 4.98 Å². The Morgan fingerprint density at radius 3 is 2.61 bits per heavy atom. The summed E-state index contributed by atoms with van der Waals surface area (Å²) in [5.74, 6) is 0.647. The van der Waals surface area contributed by atoms with Gasteiger partial charge in [0.05, 0.1) is 5.69 Å². The Hall–Kier alpha value is -1.59. The Bertz CT molecular complexity index is 720. The van der Waals surface area contributed by atoms with Crippen molar-refractivity contribution in [1.29, 1.82) is 0 Å². The standard InChI is InChI=1S/C17H21ClN2O2S/c1-10-8-12(6-7-13(10)19-11(2)21)22-9-14-20-15(16(18)23-14)17(3,4)5/h6-8H,9H2,1-5H3,(H,19,21). The molecule has 124 valence electrons. The molecule has 0 bridgehead atoms. The zero-order valence-electron chi connectivity index (χ0n) is 14.0. The predicted molar refractivity (Wildman–Crippen MR) is 95.6 cm³/mol. The molecule has 23 heavy (non-hydrogen) atoms. The highest BCUT2D eigenvalue weighted by Gasteiger charge is 2.22. The third-order valence-electron chi connectivity index (χ3n) is 3.21. The summed E-state index contributed by atoms with van der Waals surface area (Å²) in [7, 11) is 0. The van der Waals surface area contributed by atoms with E-state index in [2.05, 4.69) is 31.1 Å². The number of nitrogens with one attached hydrogen (secondary N) is 1. The first-order chi connectivity index (χ1) is 10.7. The average molecular weight is 353 g/mol. The predicted octanol–water partition coefficient (Wildman–Crippen LogP) is 4.94. The van der Waals surface area contributed by atoms with Gasteiger partial charge in [-0.05, 0) is 30.7 Å². The molecule has 1 heterocycles. The van der Waals surface area contributed by atoms with E-state index >= 15 is 0 Å². The molecule has 1 aromatic heterocycles. The van der Waals surface area contributed by atoms with Crippen LogP contribution in [-0.4, -0.2) is 10.9 Å². The number of hydrogen-bond donors (Lipinski definition) is 1. The normalized spacial score (nSPS) is 11.4. The van der Waals surface area contributed by atoms with Gasteiger partial charge >= 0.3 is 0 Å². The maximum Gasteiger partial charge on any atom is 0.221 e. The van der Waals surface area contributed by atoms with Crippen molar-refractivity contribution in [2.24, 2.45) is 0 Å². The van der Waals surface area contributed by atoms with Crippen LogP contribution in [0.5, 0.6) is 5.75 Å². The molecule has 0 radical (unpaired) electrons. The van der Waals surface area contributed by atoms with Crippen molar-refractivity contribution < 1.29 is 9.53 Å². The second-order valence-corrected chi connectivity index (χ2v) is 8.11. The van der Waals surface area contributed by atoms with Crippen LogP contribution in [-0.2, 0) is 16.8 Å². The van der Waals surface area contributed by atoms with Gasteiger partial charge in [0.25, 0.3) is 0 Å². The fourth-order valence-electron chi connectivity index (χ4n) is 2.07. The number of aromatic nitrogens is 1. The van der Waals surface area contributed by atoms with Gasteiger partial charge in [-0.15, -0.1) is 11.3 Å². The number of rotatable bonds is 4. The van der Waals surface area contributed by atoms with E-state index in [-0.39, 0.29) is 11.3 Å². The topological polar surface area (TPSA) is 51.2 Å². The van der Waals surface area contributed by atoms with Crippen molar-refractivity contribution in [3.63, 3.8) is 0 Å². The van der Waals surface area contributed by atoms with Crippen LogP contribution in [0.2, 0.25) is 4.34 Å². The Labute approximate surface area is 145 Å². The van der Waals surface area contributed by atoms with Gasteiger partial charge < -0.3 is 10.1 Å². The number of carbonyl (C=O) groups excluding carboxylic acids is 1. The number of hydrogen-bond acceptors (Lipinski definition) is 4. The molecule has 0 aliphatic heterocycles. The first-order valence-corrected chi connectivity index (χ1v) is 8.53. The summed E-state index contributed by atoms with van der Waals surface area (Å²) in [6.45, 7) is 10.0. The van der Waals surface area contributed by atoms with E-state index in [1.54, 1.807) is 0 Å². The lowest BCUT2D eigenvalue weighted by atomic mass is 9.93. The highest BCUT2D eigenvalue weighted by molar-refractivity contribution is 7.16. The Balaban J connectivity index is 2.07. The fourth-order valence-corrected chi connectivity index (χ4v) is 3.57. The van der Waals surface area contributed by atoms with E-state index in [4.69, 9.17) is 16.3 Å². The third kappa shape index (κ3) is 4.69. The summed E-state index contributed by atoms with van der Waals surface area (Å²) in [6, 6.07) is 5.56. The van der Waals surface area contributed by atoms with Crippen LogP contribution in [0.15, 0.2) is 18.2 Å². The minimum absolute atomic E-state index is 0.0809. The van der Waals surface area contributed by atoms with Crippen LogP contribution in [0.4, 0.5) is 5.69 Å². The molecule has 1 amide bonds. The highest BCUT2D eigenvalue weighted by atomic mass is 35.5. The SMILES string of the molecule is CC(=O)Nc1ccc(OCc2nc(C(C)(C)C)c(Cl)s2)cc1C. The molecule has 0 spiro atoms. The smallest absolute Gasteiger partial charge is 0.221 e. The van der Waals surface area contributed by atoms with Crippen LogP contribution in [0.1, 0.15) is 44.0 Å². The molecule has 2 aromatic rings. The Morgan fingerprint density at radius 2 is 2.09 bits per heavy atom. The molecule has 0 saturated heterocycles. The number of nitrogens with zero attached hydrogens (tertiary/aromatic N) is 1. The molecule has 1 aromatic carbocycles. The number of anilines is 1. The molecule has 1 N–H and O–H groups in total. The average Bonchev–Trinajstić information content (AvgIpc) is 2.80. The molecule has 6 heteroatoms. The van der Waals surface area contributed by atoms with Crippen molar-refractivity contribution in [3.05, 3.63) is 38.8 Å². The quantitative estimate of drug-likeness (QED) is 0.847. The van der Waals surface area contributed by atoms with Gasteiger partial charge in [0, 0.05) is 18.0 Å². The van der Waals surface area contributed by atoms with E-state index in [0.717, 1.165) is 27.7 Å². The van der Waals surface area contributed by atoms with Crippen molar-refractivity contribution in [1.82, 2.24) is 4.98 Å². The number of ether oxygens (including phenoxy) is 1. The van der Waals surface area contributed by atoms with Crippen molar-refractivity contribution in [3.8, 4) is 5.75 Å². The van der Waals surface area contributed by atoms with Gasteiger partial charge in [-0.1, -0.05) is 32.4 Å². The van der Waals surface area contributed by atoms with E-state index in [0.29, 0.717) is 10.9 Å². The monoisotopic (exact) mass is 352 g/mol. The molecular formula is C17H21ClN2O2S. The lowest BCUT2D eigenvalue weighted by molar-refractivity contribution is -0.114. The molecular weight excluding hydrogens is 332 g/mol. The summed E-state index contributed by atoms with van der Waals surface area (Å²) < 4.78 is 6.51. The van der Waals surface area contributed by atoms with E-state index in [1.165, 1.54) is 18.3 Å². The van der Waals surface area contributed by atoms with Crippen LogP contribution < -0.4 is 10.1 Å². The van der Waals surface area contributed by atoms with Gasteiger partial charge in [-0.2, -0.15) is 0 Å². The number of halogens is 1. The minimum atomic E-state index is -0.0890. The molecule has 0 saturated carbocycles. The molecule has 2 rings (SSSR count). The fraction of sp³-hybridized carbons (Fsp3) is 0.412. The second-order valence-electron chi connectivity index (χ2n) is 6.43. The van der Waals surface area contributed by atoms with Crippen LogP contribution in [0.25, 0.3) is 0 Å². The molecule has 0 unspecified atom stereocenters. The van der Waals surface area contributed by atoms with Crippen molar-refractivity contribution in [2.45, 2.75) is 46.6 Å². The van der Waals surface area contributed by atoms with Gasteiger partial charge in [-0.3, -0.25) is 4.79 Å². The largest absolute Gasteiger partial charge is 0.486 e. The first kappa shape index (κ1) is 17.8. The van der Waals surface area contributed by atoms with Gasteiger partial charge in [0.1, 0.15) is 21.7 Å². The maximum atomic E-state index is 11.1. The van der Waals surface area contributed by atoms with Crippen molar-refractivity contribution >= 4 is 34.5 Å². The van der Waals surface area contributed by atoms with Crippen LogP contribution in [0.3, 0.4) is 0 Å². The summed E-state index contributed by atoms with van der Waals surface area (Å²) in [4.78, 5) is 15.7. The first-order valence-electron chi connectivity index (χ1n) is 7.33. The van der Waals surface area contributed by atoms with Crippen molar-refractivity contribution in [2.75, 3.05) is 5.32 Å². The molecule has 4 nitrogen and oxygen atoms in total. The van der Waals surface area contributed by atoms with Crippen LogP contribution >= 0.6 is 22.9 Å².